The summed E-state index contributed by atoms with van der Waals surface area (Å²) in [6, 6.07) is 5.10. The van der Waals surface area contributed by atoms with Crippen LogP contribution in [-0.4, -0.2) is 18.8 Å². The van der Waals surface area contributed by atoms with Crippen molar-refractivity contribution in [1.82, 2.24) is 0 Å². The maximum absolute atomic E-state index is 12.4. The monoisotopic (exact) mass is 218 g/mol. The molecule has 3 N–H and O–H groups in total. The van der Waals surface area contributed by atoms with E-state index in [9.17, 15) is 13.2 Å². The lowest BCUT2D eigenvalue weighted by Gasteiger charge is -2.21. The maximum atomic E-state index is 12.4. The molecule has 0 spiro atoms. The molecule has 0 aliphatic rings. The zero-order valence-corrected chi connectivity index (χ0v) is 8.31. The van der Waals surface area contributed by atoms with Gasteiger partial charge in [-0.2, -0.15) is 13.2 Å². The van der Waals surface area contributed by atoms with Crippen LogP contribution in [0.25, 0.3) is 0 Å². The predicted molar refractivity (Wildman–Crippen MR) is 53.7 cm³/mol. The second-order valence-corrected chi connectivity index (χ2v) is 3.29. The second kappa shape index (κ2) is 4.53. The molecule has 1 rings (SSSR count). The van der Waals surface area contributed by atoms with E-state index in [1.165, 1.54) is 0 Å². The van der Waals surface area contributed by atoms with Crippen molar-refractivity contribution in [2.24, 2.45) is 5.73 Å². The van der Waals surface area contributed by atoms with E-state index in [1.807, 2.05) is 0 Å². The lowest BCUT2D eigenvalue weighted by molar-refractivity contribution is -0.140. The van der Waals surface area contributed by atoms with Crippen LogP contribution >= 0.6 is 0 Å². The SMILES string of the molecule is Cc1ccccc1NC(CN)C(F)(F)F. The van der Waals surface area contributed by atoms with Crippen molar-refractivity contribution in [3.63, 3.8) is 0 Å². The summed E-state index contributed by atoms with van der Waals surface area (Å²) in [6.07, 6.45) is -4.32. The molecule has 0 aliphatic heterocycles. The molecule has 0 aromatic heterocycles. The molecule has 1 aromatic carbocycles. The van der Waals surface area contributed by atoms with E-state index in [1.54, 1.807) is 31.2 Å². The molecule has 0 aliphatic carbocycles. The number of para-hydroxylation sites is 1. The van der Waals surface area contributed by atoms with Crippen LogP contribution in [0.4, 0.5) is 18.9 Å². The Hall–Kier alpha value is -1.23. The van der Waals surface area contributed by atoms with Gasteiger partial charge in [0.1, 0.15) is 6.04 Å². The van der Waals surface area contributed by atoms with Crippen molar-refractivity contribution < 1.29 is 13.2 Å². The lowest BCUT2D eigenvalue weighted by atomic mass is 10.1. The number of aryl methyl sites for hydroxylation is 1. The highest BCUT2D eigenvalue weighted by atomic mass is 19.4. The Labute approximate surface area is 86.3 Å². The van der Waals surface area contributed by atoms with Gasteiger partial charge < -0.3 is 11.1 Å². The molecule has 1 aromatic rings. The van der Waals surface area contributed by atoms with E-state index in [4.69, 9.17) is 5.73 Å². The third-order valence-electron chi connectivity index (χ3n) is 2.11. The standard InChI is InChI=1S/C10H13F3N2/c1-7-4-2-3-5-8(7)15-9(6-14)10(11,12)13/h2-5,9,15H,6,14H2,1H3. The van der Waals surface area contributed by atoms with Crippen molar-refractivity contribution >= 4 is 5.69 Å². The van der Waals surface area contributed by atoms with E-state index in [0.29, 0.717) is 5.69 Å². The molecule has 15 heavy (non-hydrogen) atoms. The number of hydrogen-bond acceptors (Lipinski definition) is 2. The van der Waals surface area contributed by atoms with Crippen LogP contribution < -0.4 is 11.1 Å². The number of alkyl halides is 3. The Morgan fingerprint density at radius 2 is 1.93 bits per heavy atom. The van der Waals surface area contributed by atoms with E-state index in [2.05, 4.69) is 5.32 Å². The summed E-state index contributed by atoms with van der Waals surface area (Å²) in [5.74, 6) is 0. The molecule has 0 bridgehead atoms. The third-order valence-corrected chi connectivity index (χ3v) is 2.11. The molecule has 84 valence electrons. The first-order valence-electron chi connectivity index (χ1n) is 4.54. The Kier molecular flexibility index (Phi) is 3.57. The average Bonchev–Trinajstić information content (AvgIpc) is 2.14. The van der Waals surface area contributed by atoms with E-state index < -0.39 is 18.8 Å². The minimum absolute atomic E-state index is 0.463. The van der Waals surface area contributed by atoms with Gasteiger partial charge in [-0.15, -0.1) is 0 Å². The maximum Gasteiger partial charge on any atom is 0.409 e. The normalized spacial score (nSPS) is 13.7. The van der Waals surface area contributed by atoms with Gasteiger partial charge in [-0.05, 0) is 18.6 Å². The smallest absolute Gasteiger partial charge is 0.373 e. The quantitative estimate of drug-likeness (QED) is 0.816. The Morgan fingerprint density at radius 3 is 2.40 bits per heavy atom. The van der Waals surface area contributed by atoms with Gasteiger partial charge in [-0.1, -0.05) is 18.2 Å². The van der Waals surface area contributed by atoms with Crippen LogP contribution in [0.5, 0.6) is 0 Å². The highest BCUT2D eigenvalue weighted by molar-refractivity contribution is 5.51. The number of benzene rings is 1. The van der Waals surface area contributed by atoms with Gasteiger partial charge in [0.25, 0.3) is 0 Å². The third kappa shape index (κ3) is 3.13. The Morgan fingerprint density at radius 1 is 1.33 bits per heavy atom. The van der Waals surface area contributed by atoms with Crippen LogP contribution in [0.3, 0.4) is 0 Å². The molecule has 1 atom stereocenters. The fraction of sp³-hybridized carbons (Fsp3) is 0.400. The van der Waals surface area contributed by atoms with Gasteiger partial charge in [-0.25, -0.2) is 0 Å². The summed E-state index contributed by atoms with van der Waals surface area (Å²) >= 11 is 0. The summed E-state index contributed by atoms with van der Waals surface area (Å²) in [4.78, 5) is 0. The highest BCUT2D eigenvalue weighted by Gasteiger charge is 2.38. The summed E-state index contributed by atoms with van der Waals surface area (Å²) < 4.78 is 37.2. The second-order valence-electron chi connectivity index (χ2n) is 3.29. The van der Waals surface area contributed by atoms with Crippen molar-refractivity contribution in [2.75, 3.05) is 11.9 Å². The predicted octanol–water partition coefficient (Wildman–Crippen LogP) is 2.30. The molecule has 0 saturated heterocycles. The fourth-order valence-corrected chi connectivity index (χ4v) is 1.20. The number of halogens is 3. The van der Waals surface area contributed by atoms with Crippen LogP contribution in [0.15, 0.2) is 24.3 Å². The van der Waals surface area contributed by atoms with E-state index in [0.717, 1.165) is 5.56 Å². The molecule has 2 nitrogen and oxygen atoms in total. The van der Waals surface area contributed by atoms with Crippen LogP contribution in [0.2, 0.25) is 0 Å². The summed E-state index contributed by atoms with van der Waals surface area (Å²) in [5, 5.41) is 2.39. The van der Waals surface area contributed by atoms with Gasteiger partial charge in [-0.3, -0.25) is 0 Å². The van der Waals surface area contributed by atoms with Crippen molar-refractivity contribution in [1.29, 1.82) is 0 Å². The summed E-state index contributed by atoms with van der Waals surface area (Å²) in [7, 11) is 0. The average molecular weight is 218 g/mol. The number of rotatable bonds is 3. The zero-order chi connectivity index (χ0) is 11.5. The number of anilines is 1. The van der Waals surface area contributed by atoms with Gasteiger partial charge in [0.05, 0.1) is 0 Å². The fourth-order valence-electron chi connectivity index (χ4n) is 1.20. The summed E-state index contributed by atoms with van der Waals surface area (Å²) in [6.45, 7) is 1.27. The zero-order valence-electron chi connectivity index (χ0n) is 8.31. The number of nitrogens with one attached hydrogen (secondary N) is 1. The minimum Gasteiger partial charge on any atom is -0.373 e. The molecule has 0 amide bonds. The Bertz CT molecular complexity index is 323. The first-order chi connectivity index (χ1) is 6.95. The number of nitrogens with two attached hydrogens (primary N) is 1. The van der Waals surface area contributed by atoms with Gasteiger partial charge in [0.15, 0.2) is 0 Å². The van der Waals surface area contributed by atoms with Crippen LogP contribution in [0, 0.1) is 6.92 Å². The molecule has 0 fully saturated rings. The van der Waals surface area contributed by atoms with Crippen molar-refractivity contribution in [3.05, 3.63) is 29.8 Å². The lowest BCUT2D eigenvalue weighted by Crippen LogP contribution is -2.42. The van der Waals surface area contributed by atoms with Gasteiger partial charge in [0, 0.05) is 12.2 Å². The topological polar surface area (TPSA) is 38.0 Å². The van der Waals surface area contributed by atoms with Crippen LogP contribution in [-0.2, 0) is 0 Å². The van der Waals surface area contributed by atoms with E-state index >= 15 is 0 Å². The first-order valence-corrected chi connectivity index (χ1v) is 4.54. The largest absolute Gasteiger partial charge is 0.409 e. The molecular weight excluding hydrogens is 205 g/mol. The molecule has 1 unspecified atom stereocenters. The van der Waals surface area contributed by atoms with Crippen molar-refractivity contribution in [2.45, 2.75) is 19.1 Å². The highest BCUT2D eigenvalue weighted by Crippen LogP contribution is 2.24. The van der Waals surface area contributed by atoms with E-state index in [-0.39, 0.29) is 0 Å². The first kappa shape index (κ1) is 11.8. The minimum atomic E-state index is -4.32. The molecule has 0 heterocycles. The molecule has 0 saturated carbocycles. The molecule has 5 heteroatoms. The van der Waals surface area contributed by atoms with Crippen molar-refractivity contribution in [3.8, 4) is 0 Å². The summed E-state index contributed by atoms with van der Waals surface area (Å²) in [5.41, 5.74) is 6.30. The number of hydrogen-bond donors (Lipinski definition) is 2. The van der Waals surface area contributed by atoms with Gasteiger partial charge in [0.2, 0.25) is 0 Å². The Balaban J connectivity index is 2.80. The molecular formula is C10H13F3N2. The van der Waals surface area contributed by atoms with Crippen LogP contribution in [0.1, 0.15) is 5.56 Å². The van der Waals surface area contributed by atoms with Gasteiger partial charge >= 0.3 is 6.18 Å². The molecule has 0 radical (unpaired) electrons.